The molecule has 144 valence electrons. The molecule has 1 amide bonds. The highest BCUT2D eigenvalue weighted by Crippen LogP contribution is 2.38. The molecule has 6 nitrogen and oxygen atoms in total. The van der Waals surface area contributed by atoms with E-state index in [1.807, 2.05) is 0 Å². The predicted molar refractivity (Wildman–Crippen MR) is 113 cm³/mol. The number of nitro benzene ring substituents is 1. The molecule has 1 aromatic carbocycles. The number of hydrogen-bond donors (Lipinski definition) is 0. The molecule has 0 spiro atoms. The largest absolute Gasteiger partial charge is 0.457 e. The molecular formula is C20H18N2O4S2. The van der Waals surface area contributed by atoms with Gasteiger partial charge in [0.05, 0.1) is 9.83 Å². The summed E-state index contributed by atoms with van der Waals surface area (Å²) >= 11 is 6.75. The normalized spacial score (nSPS) is 19.6. The molecule has 1 saturated heterocycles. The molecule has 28 heavy (non-hydrogen) atoms. The van der Waals surface area contributed by atoms with Crippen molar-refractivity contribution < 1.29 is 14.1 Å². The molecule has 0 atom stereocenters. The lowest BCUT2D eigenvalue weighted by molar-refractivity contribution is -0.384. The Morgan fingerprint density at radius 1 is 1.21 bits per heavy atom. The minimum atomic E-state index is -0.441. The Morgan fingerprint density at radius 3 is 2.75 bits per heavy atom. The Labute approximate surface area is 171 Å². The number of carbonyl (C=O) groups is 1. The lowest BCUT2D eigenvalue weighted by Crippen LogP contribution is -2.39. The van der Waals surface area contributed by atoms with Gasteiger partial charge in [-0.05, 0) is 25.0 Å². The maximum atomic E-state index is 12.8. The average molecular weight is 415 g/mol. The number of rotatable bonds is 4. The number of carbonyl (C=O) groups excluding carboxylic acids is 1. The highest BCUT2D eigenvalue weighted by atomic mass is 32.2. The summed E-state index contributed by atoms with van der Waals surface area (Å²) in [4.78, 5) is 25.7. The molecule has 2 aliphatic rings. The number of non-ortho nitro benzene ring substituents is 1. The number of benzene rings is 1. The summed E-state index contributed by atoms with van der Waals surface area (Å²) in [5.41, 5.74) is 0.618. The fraction of sp³-hybridized carbons (Fsp3) is 0.300. The van der Waals surface area contributed by atoms with Crippen molar-refractivity contribution in [2.45, 2.75) is 38.1 Å². The summed E-state index contributed by atoms with van der Waals surface area (Å²) in [6, 6.07) is 9.95. The van der Waals surface area contributed by atoms with E-state index in [-0.39, 0.29) is 17.6 Å². The van der Waals surface area contributed by atoms with Crippen LogP contribution in [0.2, 0.25) is 0 Å². The number of amides is 1. The Bertz CT molecular complexity index is 976. The first-order chi connectivity index (χ1) is 13.5. The topological polar surface area (TPSA) is 76.6 Å². The zero-order chi connectivity index (χ0) is 19.7. The second kappa shape index (κ2) is 7.89. The van der Waals surface area contributed by atoms with Gasteiger partial charge >= 0.3 is 0 Å². The third-order valence-corrected chi connectivity index (χ3v) is 6.34. The Hall–Kier alpha value is -2.45. The van der Waals surface area contributed by atoms with E-state index in [2.05, 4.69) is 0 Å². The molecule has 0 bridgehead atoms. The van der Waals surface area contributed by atoms with Gasteiger partial charge in [-0.2, -0.15) is 0 Å². The van der Waals surface area contributed by atoms with E-state index in [1.165, 1.54) is 30.3 Å². The maximum Gasteiger partial charge on any atom is 0.270 e. The van der Waals surface area contributed by atoms with Crippen molar-refractivity contribution in [3.8, 4) is 11.3 Å². The molecule has 0 radical (unpaired) electrons. The molecule has 2 fully saturated rings. The summed E-state index contributed by atoms with van der Waals surface area (Å²) in [6.07, 6.45) is 7.17. The van der Waals surface area contributed by atoms with Gasteiger partial charge in [-0.25, -0.2) is 0 Å². The van der Waals surface area contributed by atoms with Crippen LogP contribution in [0, 0.1) is 10.1 Å². The van der Waals surface area contributed by atoms with E-state index in [0.29, 0.717) is 26.3 Å². The highest BCUT2D eigenvalue weighted by Gasteiger charge is 2.37. The van der Waals surface area contributed by atoms with Gasteiger partial charge in [-0.15, -0.1) is 0 Å². The molecule has 0 unspecified atom stereocenters. The van der Waals surface area contributed by atoms with Gasteiger partial charge in [-0.3, -0.25) is 19.8 Å². The van der Waals surface area contributed by atoms with E-state index < -0.39 is 4.92 Å². The molecule has 4 rings (SSSR count). The van der Waals surface area contributed by atoms with Crippen LogP contribution in [-0.4, -0.2) is 26.1 Å². The molecule has 1 saturated carbocycles. The van der Waals surface area contributed by atoms with Crippen molar-refractivity contribution in [3.05, 3.63) is 57.2 Å². The van der Waals surface area contributed by atoms with Crippen LogP contribution in [0.3, 0.4) is 0 Å². The summed E-state index contributed by atoms with van der Waals surface area (Å²) in [6.45, 7) is 0. The van der Waals surface area contributed by atoms with Crippen LogP contribution in [0.25, 0.3) is 17.4 Å². The van der Waals surface area contributed by atoms with Gasteiger partial charge in [0.2, 0.25) is 0 Å². The van der Waals surface area contributed by atoms with Crippen molar-refractivity contribution in [2.24, 2.45) is 0 Å². The predicted octanol–water partition coefficient (Wildman–Crippen LogP) is 5.39. The standard InChI is InChI=1S/C20H18N2O4S2/c23-19-18(28-20(27)21(19)14-6-2-1-3-7-14)12-16-9-10-17(26-16)13-5-4-8-15(11-13)22(24)25/h4-5,8-12,14H,1-3,6-7H2/b18-12-. The number of furan rings is 1. The summed E-state index contributed by atoms with van der Waals surface area (Å²) in [5.74, 6) is 0.971. The number of nitro groups is 1. The maximum absolute atomic E-state index is 12.8. The van der Waals surface area contributed by atoms with Crippen LogP contribution in [0.15, 0.2) is 45.7 Å². The van der Waals surface area contributed by atoms with Crippen LogP contribution in [0.5, 0.6) is 0 Å². The molecule has 1 aliphatic heterocycles. The molecule has 8 heteroatoms. The quantitative estimate of drug-likeness (QED) is 0.289. The zero-order valence-electron chi connectivity index (χ0n) is 15.0. The molecule has 0 N–H and O–H groups in total. The first-order valence-electron chi connectivity index (χ1n) is 9.14. The lowest BCUT2D eigenvalue weighted by Gasteiger charge is -2.29. The number of nitrogens with zero attached hydrogens (tertiary/aromatic N) is 2. The molecule has 2 aromatic rings. The van der Waals surface area contributed by atoms with Crippen molar-refractivity contribution >= 4 is 46.0 Å². The van der Waals surface area contributed by atoms with Crippen LogP contribution in [0.1, 0.15) is 37.9 Å². The van der Waals surface area contributed by atoms with E-state index in [4.69, 9.17) is 16.6 Å². The van der Waals surface area contributed by atoms with Crippen molar-refractivity contribution in [1.82, 2.24) is 4.90 Å². The van der Waals surface area contributed by atoms with Gasteiger partial charge < -0.3 is 4.42 Å². The van der Waals surface area contributed by atoms with Gasteiger partial charge in [0.15, 0.2) is 0 Å². The van der Waals surface area contributed by atoms with Gasteiger partial charge in [-0.1, -0.05) is 55.4 Å². The fourth-order valence-corrected chi connectivity index (χ4v) is 5.00. The number of hydrogen-bond acceptors (Lipinski definition) is 6. The third-order valence-electron chi connectivity index (χ3n) is 5.01. The molecule has 2 heterocycles. The van der Waals surface area contributed by atoms with E-state index in [0.717, 1.165) is 25.7 Å². The average Bonchev–Trinajstić information content (AvgIpc) is 3.27. The minimum Gasteiger partial charge on any atom is -0.457 e. The summed E-state index contributed by atoms with van der Waals surface area (Å²) < 4.78 is 6.41. The van der Waals surface area contributed by atoms with Crippen molar-refractivity contribution in [2.75, 3.05) is 0 Å². The van der Waals surface area contributed by atoms with Gasteiger partial charge in [0.1, 0.15) is 15.8 Å². The van der Waals surface area contributed by atoms with Crippen molar-refractivity contribution in [1.29, 1.82) is 0 Å². The van der Waals surface area contributed by atoms with Crippen LogP contribution < -0.4 is 0 Å². The highest BCUT2D eigenvalue weighted by molar-refractivity contribution is 8.26. The smallest absolute Gasteiger partial charge is 0.270 e. The second-order valence-electron chi connectivity index (χ2n) is 6.85. The first-order valence-corrected chi connectivity index (χ1v) is 10.4. The Kier molecular flexibility index (Phi) is 5.32. The van der Waals surface area contributed by atoms with Crippen LogP contribution in [0.4, 0.5) is 5.69 Å². The molecular weight excluding hydrogens is 396 g/mol. The SMILES string of the molecule is O=C1/C(=C/c2ccc(-c3cccc([N+](=O)[O-])c3)o2)SC(=S)N1C1CCCCC1. The van der Waals surface area contributed by atoms with Gasteiger partial charge in [0, 0.05) is 29.8 Å². The lowest BCUT2D eigenvalue weighted by atomic mass is 9.94. The monoisotopic (exact) mass is 414 g/mol. The summed E-state index contributed by atoms with van der Waals surface area (Å²) in [5, 5.41) is 11.0. The van der Waals surface area contributed by atoms with Crippen LogP contribution in [-0.2, 0) is 4.79 Å². The van der Waals surface area contributed by atoms with E-state index in [1.54, 1.807) is 35.2 Å². The minimum absolute atomic E-state index is 0.00352. The number of thioether (sulfide) groups is 1. The van der Waals surface area contributed by atoms with Crippen molar-refractivity contribution in [3.63, 3.8) is 0 Å². The first kappa shape index (κ1) is 18.9. The number of thiocarbonyl (C=S) groups is 1. The van der Waals surface area contributed by atoms with Gasteiger partial charge in [0.25, 0.3) is 11.6 Å². The van der Waals surface area contributed by atoms with E-state index in [9.17, 15) is 14.9 Å². The molecule has 1 aliphatic carbocycles. The third kappa shape index (κ3) is 3.74. The Balaban J connectivity index is 1.55. The summed E-state index contributed by atoms with van der Waals surface area (Å²) in [7, 11) is 0. The second-order valence-corrected chi connectivity index (χ2v) is 8.53. The zero-order valence-corrected chi connectivity index (χ0v) is 16.6. The Morgan fingerprint density at radius 2 is 2.00 bits per heavy atom. The fourth-order valence-electron chi connectivity index (χ4n) is 3.62. The van der Waals surface area contributed by atoms with E-state index >= 15 is 0 Å². The molecule has 1 aromatic heterocycles. The van der Waals surface area contributed by atoms with Crippen LogP contribution >= 0.6 is 24.0 Å².